The summed E-state index contributed by atoms with van der Waals surface area (Å²) in [6, 6.07) is 13.2. The molecule has 0 fully saturated rings. The number of aliphatic carboxylic acids is 1. The van der Waals surface area contributed by atoms with Crippen molar-refractivity contribution in [3.05, 3.63) is 42.5 Å². The van der Waals surface area contributed by atoms with Gasteiger partial charge in [0.1, 0.15) is 5.75 Å². The lowest BCUT2D eigenvalue weighted by Gasteiger charge is -2.37. The van der Waals surface area contributed by atoms with Crippen molar-refractivity contribution in [2.45, 2.75) is 49.3 Å². The van der Waals surface area contributed by atoms with Crippen molar-refractivity contribution >= 4 is 38.9 Å². The van der Waals surface area contributed by atoms with Crippen LogP contribution in [0.5, 0.6) is 5.75 Å². The van der Waals surface area contributed by atoms with E-state index in [9.17, 15) is 13.2 Å². The van der Waals surface area contributed by atoms with Gasteiger partial charge in [-0.05, 0) is 37.3 Å². The normalized spacial score (nSPS) is 16.8. The fourth-order valence-corrected chi connectivity index (χ4v) is 7.34. The summed E-state index contributed by atoms with van der Waals surface area (Å²) in [5, 5.41) is 9.04. The molecule has 1 aliphatic rings. The van der Waals surface area contributed by atoms with Crippen molar-refractivity contribution in [2.24, 2.45) is 5.41 Å². The molecule has 174 valence electrons. The standard InChI is InChI=1S/C24H31NO5S2/c1-4-11-24(12-5-2)16-25(18-9-7-6-8-10-18)19-13-21(31-3)20(30-15-23(26)27)14-22(19)32(28,29)17-24/h6-10,13-14H,4-5,11-12,15-17H2,1-3H3,(H,26,27). The molecule has 3 rings (SSSR count). The van der Waals surface area contributed by atoms with Crippen LogP contribution in [0.2, 0.25) is 0 Å². The molecule has 0 saturated heterocycles. The van der Waals surface area contributed by atoms with Crippen molar-refractivity contribution in [1.82, 2.24) is 0 Å². The fraction of sp³-hybridized carbons (Fsp3) is 0.458. The predicted molar refractivity (Wildman–Crippen MR) is 129 cm³/mol. The molecule has 0 unspecified atom stereocenters. The summed E-state index contributed by atoms with van der Waals surface area (Å²) in [7, 11) is -3.64. The van der Waals surface area contributed by atoms with Crippen LogP contribution in [0.3, 0.4) is 0 Å². The number of hydrogen-bond donors (Lipinski definition) is 1. The van der Waals surface area contributed by atoms with Gasteiger partial charge in [-0.15, -0.1) is 11.8 Å². The molecule has 32 heavy (non-hydrogen) atoms. The van der Waals surface area contributed by atoms with E-state index in [0.29, 0.717) is 17.1 Å². The van der Waals surface area contributed by atoms with Crippen LogP contribution in [0.25, 0.3) is 0 Å². The highest BCUT2D eigenvalue weighted by atomic mass is 32.2. The molecule has 1 aliphatic heterocycles. The van der Waals surface area contributed by atoms with E-state index < -0.39 is 22.4 Å². The summed E-state index contributed by atoms with van der Waals surface area (Å²) < 4.78 is 32.9. The third-order valence-electron chi connectivity index (χ3n) is 5.84. The van der Waals surface area contributed by atoms with Gasteiger partial charge in [0.05, 0.1) is 21.2 Å². The van der Waals surface area contributed by atoms with E-state index >= 15 is 0 Å². The Balaban J connectivity index is 2.25. The van der Waals surface area contributed by atoms with E-state index in [1.54, 1.807) is 0 Å². The van der Waals surface area contributed by atoms with Crippen molar-refractivity contribution in [1.29, 1.82) is 0 Å². The first-order valence-corrected chi connectivity index (χ1v) is 13.7. The fourth-order valence-electron chi connectivity index (χ4n) is 4.68. The molecule has 2 aromatic carbocycles. The van der Waals surface area contributed by atoms with Crippen LogP contribution in [0.4, 0.5) is 11.4 Å². The summed E-state index contributed by atoms with van der Waals surface area (Å²) in [5.74, 6) is -0.756. The van der Waals surface area contributed by atoms with Crippen LogP contribution in [0, 0.1) is 5.41 Å². The van der Waals surface area contributed by atoms with E-state index in [2.05, 4.69) is 18.7 Å². The Morgan fingerprint density at radius 1 is 1.16 bits per heavy atom. The van der Waals surface area contributed by atoms with Crippen molar-refractivity contribution < 1.29 is 23.1 Å². The maximum absolute atomic E-state index is 13.7. The Labute approximate surface area is 194 Å². The second-order valence-corrected chi connectivity index (χ2v) is 11.1. The van der Waals surface area contributed by atoms with Gasteiger partial charge < -0.3 is 14.7 Å². The number of carbonyl (C=O) groups is 1. The molecule has 0 radical (unpaired) electrons. The zero-order valence-corrected chi connectivity index (χ0v) is 20.5. The number of benzene rings is 2. The van der Waals surface area contributed by atoms with Crippen LogP contribution in [-0.4, -0.2) is 44.7 Å². The lowest BCUT2D eigenvalue weighted by molar-refractivity contribution is -0.139. The smallest absolute Gasteiger partial charge is 0.341 e. The third-order valence-corrected chi connectivity index (χ3v) is 8.59. The van der Waals surface area contributed by atoms with Crippen LogP contribution < -0.4 is 9.64 Å². The average Bonchev–Trinajstić information content (AvgIpc) is 2.84. The molecular formula is C24H31NO5S2. The van der Waals surface area contributed by atoms with Gasteiger partial charge in [0.15, 0.2) is 16.4 Å². The molecule has 1 heterocycles. The number of hydrogen-bond acceptors (Lipinski definition) is 6. The Kier molecular flexibility index (Phi) is 7.77. The Bertz CT molecular complexity index is 1050. The number of rotatable bonds is 9. The predicted octanol–water partition coefficient (Wildman–Crippen LogP) is 5.38. The lowest BCUT2D eigenvalue weighted by Crippen LogP contribution is -2.38. The van der Waals surface area contributed by atoms with E-state index in [0.717, 1.165) is 31.4 Å². The zero-order chi connectivity index (χ0) is 23.4. The molecular weight excluding hydrogens is 446 g/mol. The number of anilines is 2. The topological polar surface area (TPSA) is 83.9 Å². The van der Waals surface area contributed by atoms with Gasteiger partial charge in [0.2, 0.25) is 0 Å². The highest BCUT2D eigenvalue weighted by Crippen LogP contribution is 2.47. The van der Waals surface area contributed by atoms with Gasteiger partial charge >= 0.3 is 5.97 Å². The highest BCUT2D eigenvalue weighted by Gasteiger charge is 2.42. The summed E-state index contributed by atoms with van der Waals surface area (Å²) >= 11 is 1.41. The second kappa shape index (κ2) is 10.2. The van der Waals surface area contributed by atoms with Gasteiger partial charge in [-0.2, -0.15) is 0 Å². The van der Waals surface area contributed by atoms with Gasteiger partial charge in [-0.1, -0.05) is 44.9 Å². The minimum atomic E-state index is -3.64. The maximum atomic E-state index is 13.7. The largest absolute Gasteiger partial charge is 0.481 e. The van der Waals surface area contributed by atoms with E-state index in [-0.39, 0.29) is 21.8 Å². The number of para-hydroxylation sites is 1. The summed E-state index contributed by atoms with van der Waals surface area (Å²) in [5.41, 5.74) is 1.18. The van der Waals surface area contributed by atoms with Crippen molar-refractivity contribution in [3.8, 4) is 5.75 Å². The molecule has 6 nitrogen and oxygen atoms in total. The monoisotopic (exact) mass is 477 g/mol. The molecule has 0 aliphatic carbocycles. The number of carboxylic acids is 1. The maximum Gasteiger partial charge on any atom is 0.341 e. The molecule has 0 bridgehead atoms. The summed E-state index contributed by atoms with van der Waals surface area (Å²) in [6.07, 6.45) is 5.30. The van der Waals surface area contributed by atoms with Gasteiger partial charge in [-0.3, -0.25) is 0 Å². The van der Waals surface area contributed by atoms with Gasteiger partial charge in [0.25, 0.3) is 0 Å². The molecule has 0 amide bonds. The Morgan fingerprint density at radius 3 is 2.38 bits per heavy atom. The number of fused-ring (bicyclic) bond motifs is 1. The molecule has 0 atom stereocenters. The zero-order valence-electron chi connectivity index (χ0n) is 18.8. The van der Waals surface area contributed by atoms with Gasteiger partial charge in [-0.25, -0.2) is 13.2 Å². The average molecular weight is 478 g/mol. The molecule has 8 heteroatoms. The second-order valence-electron chi connectivity index (χ2n) is 8.33. The van der Waals surface area contributed by atoms with E-state index in [4.69, 9.17) is 9.84 Å². The first-order chi connectivity index (χ1) is 15.2. The lowest BCUT2D eigenvalue weighted by atomic mass is 9.80. The highest BCUT2D eigenvalue weighted by molar-refractivity contribution is 7.98. The number of sulfone groups is 1. The van der Waals surface area contributed by atoms with Crippen LogP contribution >= 0.6 is 11.8 Å². The molecule has 2 aromatic rings. The van der Waals surface area contributed by atoms with Crippen molar-refractivity contribution in [3.63, 3.8) is 0 Å². The van der Waals surface area contributed by atoms with Crippen LogP contribution in [0.15, 0.2) is 52.3 Å². The minimum absolute atomic E-state index is 0.0645. The minimum Gasteiger partial charge on any atom is -0.481 e. The first kappa shape index (κ1) is 24.5. The summed E-state index contributed by atoms with van der Waals surface area (Å²) in [6.45, 7) is 4.27. The van der Waals surface area contributed by atoms with Crippen LogP contribution in [0.1, 0.15) is 39.5 Å². The van der Waals surface area contributed by atoms with Crippen molar-refractivity contribution in [2.75, 3.05) is 30.1 Å². The SMILES string of the molecule is CCCC1(CCC)CN(c2ccccc2)c2cc(SC)c(OCC(=O)O)cc2S(=O)(=O)C1. The van der Waals surface area contributed by atoms with E-state index in [1.165, 1.54) is 17.8 Å². The summed E-state index contributed by atoms with van der Waals surface area (Å²) in [4.78, 5) is 14.1. The molecule has 0 aromatic heterocycles. The Hall–Kier alpha value is -2.19. The molecule has 0 saturated carbocycles. The first-order valence-electron chi connectivity index (χ1n) is 10.9. The number of carboxylic acid groups (broad SMARTS) is 1. The quantitative estimate of drug-likeness (QED) is 0.485. The Morgan fingerprint density at radius 2 is 1.81 bits per heavy atom. The number of thioether (sulfide) groups is 1. The molecule has 0 spiro atoms. The number of nitrogens with zero attached hydrogens (tertiary/aromatic N) is 1. The van der Waals surface area contributed by atoms with E-state index in [1.807, 2.05) is 42.7 Å². The van der Waals surface area contributed by atoms with Crippen LogP contribution in [-0.2, 0) is 14.6 Å². The number of ether oxygens (including phenoxy) is 1. The molecule has 1 N–H and O–H groups in total. The van der Waals surface area contributed by atoms with Gasteiger partial charge in [0, 0.05) is 23.7 Å². The third kappa shape index (κ3) is 5.23.